The topological polar surface area (TPSA) is 24.1 Å². The first kappa shape index (κ1) is 13.4. The van der Waals surface area contributed by atoms with Crippen molar-refractivity contribution in [3.05, 3.63) is 65.7 Å². The monoisotopic (exact) mass is 278 g/mol. The molecule has 2 aromatic rings. The molecule has 0 aliphatic carbocycles. The minimum Gasteiger partial charge on any atom is -0.358 e. The largest absolute Gasteiger partial charge is 0.358 e. The Hall–Kier alpha value is -2.01. The molecular formula is C14H12F2N2S. The van der Waals surface area contributed by atoms with Gasteiger partial charge in [0.05, 0.1) is 0 Å². The molecule has 0 aliphatic heterocycles. The summed E-state index contributed by atoms with van der Waals surface area (Å²) in [5.74, 6) is -1.35. The van der Waals surface area contributed by atoms with Gasteiger partial charge < -0.3 is 10.6 Å². The molecule has 19 heavy (non-hydrogen) atoms. The Morgan fingerprint density at radius 2 is 1.58 bits per heavy atom. The first-order chi connectivity index (χ1) is 9.16. The number of para-hydroxylation sites is 1. The second kappa shape index (κ2) is 6.24. The fourth-order valence-corrected chi connectivity index (χ4v) is 1.73. The summed E-state index contributed by atoms with van der Waals surface area (Å²) in [5.41, 5.74) is 0.786. The molecule has 0 heterocycles. The molecule has 98 valence electrons. The molecule has 0 fully saturated rings. The lowest BCUT2D eigenvalue weighted by Gasteiger charge is -2.11. The maximum atomic E-state index is 13.4. The minimum absolute atomic E-state index is 0.174. The van der Waals surface area contributed by atoms with Gasteiger partial charge in [-0.2, -0.15) is 0 Å². The molecule has 0 radical (unpaired) electrons. The molecule has 0 unspecified atom stereocenters. The predicted octanol–water partition coefficient (Wildman–Crippen LogP) is 3.45. The molecule has 0 spiro atoms. The van der Waals surface area contributed by atoms with E-state index in [0.29, 0.717) is 6.54 Å². The van der Waals surface area contributed by atoms with Crippen LogP contribution >= 0.6 is 12.2 Å². The van der Waals surface area contributed by atoms with Gasteiger partial charge in [-0.3, -0.25) is 0 Å². The number of nitrogens with one attached hydrogen (secondary N) is 2. The highest BCUT2D eigenvalue weighted by atomic mass is 32.1. The van der Waals surface area contributed by atoms with Gasteiger partial charge in [0.25, 0.3) is 0 Å². The van der Waals surface area contributed by atoms with E-state index in [-0.39, 0.29) is 10.8 Å². The molecule has 0 aromatic heterocycles. The Morgan fingerprint density at radius 1 is 0.947 bits per heavy atom. The lowest BCUT2D eigenvalue weighted by molar-refractivity contribution is 0.591. The first-order valence-electron chi connectivity index (χ1n) is 5.69. The quantitative estimate of drug-likeness (QED) is 0.841. The van der Waals surface area contributed by atoms with Crippen molar-refractivity contribution in [1.82, 2.24) is 5.32 Å². The fraction of sp³-hybridized carbons (Fsp3) is 0.0714. The molecular weight excluding hydrogens is 266 g/mol. The van der Waals surface area contributed by atoms with E-state index in [0.717, 1.165) is 5.56 Å². The summed E-state index contributed by atoms with van der Waals surface area (Å²) < 4.78 is 26.8. The molecule has 0 saturated heterocycles. The molecule has 0 saturated carbocycles. The lowest BCUT2D eigenvalue weighted by atomic mass is 10.2. The average Bonchev–Trinajstić information content (AvgIpc) is 2.42. The van der Waals surface area contributed by atoms with Crippen molar-refractivity contribution in [3.63, 3.8) is 0 Å². The van der Waals surface area contributed by atoms with E-state index in [1.165, 1.54) is 18.2 Å². The summed E-state index contributed by atoms with van der Waals surface area (Å²) in [6.07, 6.45) is 0. The van der Waals surface area contributed by atoms with Crippen LogP contribution in [0, 0.1) is 11.6 Å². The molecule has 2 rings (SSSR count). The standard InChI is InChI=1S/C14H12F2N2S/c15-11-7-4-8-12(16)13(11)18-14(19)17-9-10-5-2-1-3-6-10/h1-8H,9H2,(H2,17,18,19). The van der Waals surface area contributed by atoms with Gasteiger partial charge >= 0.3 is 0 Å². The van der Waals surface area contributed by atoms with Crippen LogP contribution in [0.4, 0.5) is 14.5 Å². The Labute approximate surface area is 115 Å². The summed E-state index contributed by atoms with van der Waals surface area (Å²) in [6, 6.07) is 13.2. The number of benzene rings is 2. The number of hydrogen-bond donors (Lipinski definition) is 2. The fourth-order valence-electron chi connectivity index (χ4n) is 1.55. The van der Waals surface area contributed by atoms with Crippen molar-refractivity contribution in [3.8, 4) is 0 Å². The van der Waals surface area contributed by atoms with Crippen molar-refractivity contribution in [2.24, 2.45) is 0 Å². The summed E-state index contributed by atoms with van der Waals surface area (Å²) in [6.45, 7) is 0.489. The molecule has 2 aromatic carbocycles. The number of hydrogen-bond acceptors (Lipinski definition) is 1. The van der Waals surface area contributed by atoms with Gasteiger partial charge in [-0.25, -0.2) is 8.78 Å². The van der Waals surface area contributed by atoms with Gasteiger partial charge in [-0.05, 0) is 29.9 Å². The minimum atomic E-state index is -0.677. The first-order valence-corrected chi connectivity index (χ1v) is 6.10. The molecule has 0 amide bonds. The predicted molar refractivity (Wildman–Crippen MR) is 75.9 cm³/mol. The second-order valence-electron chi connectivity index (χ2n) is 3.89. The highest BCUT2D eigenvalue weighted by molar-refractivity contribution is 7.80. The van der Waals surface area contributed by atoms with Crippen molar-refractivity contribution >= 4 is 23.0 Å². The molecule has 2 N–H and O–H groups in total. The second-order valence-corrected chi connectivity index (χ2v) is 4.30. The van der Waals surface area contributed by atoms with Gasteiger partial charge in [0.15, 0.2) is 5.11 Å². The maximum absolute atomic E-state index is 13.4. The van der Waals surface area contributed by atoms with Crippen molar-refractivity contribution in [2.45, 2.75) is 6.54 Å². The summed E-state index contributed by atoms with van der Waals surface area (Å²) in [4.78, 5) is 0. The van der Waals surface area contributed by atoms with Crippen LogP contribution in [0.2, 0.25) is 0 Å². The Bertz CT molecular complexity index is 553. The number of rotatable bonds is 3. The lowest BCUT2D eigenvalue weighted by Crippen LogP contribution is -2.28. The van der Waals surface area contributed by atoms with Crippen molar-refractivity contribution in [1.29, 1.82) is 0 Å². The molecule has 0 atom stereocenters. The Kier molecular flexibility index (Phi) is 4.41. The van der Waals surface area contributed by atoms with Crippen LogP contribution in [-0.4, -0.2) is 5.11 Å². The van der Waals surface area contributed by atoms with Crippen molar-refractivity contribution in [2.75, 3.05) is 5.32 Å². The van der Waals surface area contributed by atoms with Crippen LogP contribution < -0.4 is 10.6 Å². The van der Waals surface area contributed by atoms with E-state index in [9.17, 15) is 8.78 Å². The van der Waals surface area contributed by atoms with Crippen LogP contribution in [0.25, 0.3) is 0 Å². The number of anilines is 1. The van der Waals surface area contributed by atoms with E-state index < -0.39 is 11.6 Å². The van der Waals surface area contributed by atoms with Crippen LogP contribution in [-0.2, 0) is 6.54 Å². The molecule has 0 aliphatic rings. The summed E-state index contributed by atoms with van der Waals surface area (Å²) in [7, 11) is 0. The third-order valence-electron chi connectivity index (χ3n) is 2.50. The van der Waals surface area contributed by atoms with Gasteiger partial charge in [0.2, 0.25) is 0 Å². The molecule has 0 bridgehead atoms. The SMILES string of the molecule is Fc1cccc(F)c1NC(=S)NCc1ccccc1. The van der Waals surface area contributed by atoms with Crippen LogP contribution in [0.3, 0.4) is 0 Å². The van der Waals surface area contributed by atoms with E-state index >= 15 is 0 Å². The van der Waals surface area contributed by atoms with Crippen LogP contribution in [0.5, 0.6) is 0 Å². The van der Waals surface area contributed by atoms with E-state index in [1.54, 1.807) is 0 Å². The van der Waals surface area contributed by atoms with Crippen LogP contribution in [0.15, 0.2) is 48.5 Å². The highest BCUT2D eigenvalue weighted by Crippen LogP contribution is 2.17. The third kappa shape index (κ3) is 3.72. The van der Waals surface area contributed by atoms with E-state index in [1.807, 2.05) is 30.3 Å². The number of halogens is 2. The van der Waals surface area contributed by atoms with Gasteiger partial charge in [-0.1, -0.05) is 36.4 Å². The van der Waals surface area contributed by atoms with Gasteiger partial charge in [0.1, 0.15) is 17.3 Å². The average molecular weight is 278 g/mol. The van der Waals surface area contributed by atoms with E-state index in [2.05, 4.69) is 10.6 Å². The van der Waals surface area contributed by atoms with Crippen molar-refractivity contribution < 1.29 is 8.78 Å². The highest BCUT2D eigenvalue weighted by Gasteiger charge is 2.09. The zero-order chi connectivity index (χ0) is 13.7. The summed E-state index contributed by atoms with van der Waals surface area (Å²) >= 11 is 5.00. The smallest absolute Gasteiger partial charge is 0.171 e. The Morgan fingerprint density at radius 3 is 2.21 bits per heavy atom. The summed E-state index contributed by atoms with van der Waals surface area (Å²) in [5, 5.41) is 5.58. The van der Waals surface area contributed by atoms with E-state index in [4.69, 9.17) is 12.2 Å². The number of thiocarbonyl (C=S) groups is 1. The van der Waals surface area contributed by atoms with Gasteiger partial charge in [0, 0.05) is 6.54 Å². The maximum Gasteiger partial charge on any atom is 0.171 e. The normalized spacial score (nSPS) is 10.0. The zero-order valence-corrected chi connectivity index (χ0v) is 10.8. The van der Waals surface area contributed by atoms with Crippen LogP contribution in [0.1, 0.15) is 5.56 Å². The molecule has 2 nitrogen and oxygen atoms in total. The Balaban J connectivity index is 1.95. The zero-order valence-electron chi connectivity index (χ0n) is 9.99. The van der Waals surface area contributed by atoms with Gasteiger partial charge in [-0.15, -0.1) is 0 Å². The molecule has 5 heteroatoms. The third-order valence-corrected chi connectivity index (χ3v) is 2.74.